The zero-order valence-corrected chi connectivity index (χ0v) is 21.9. The van der Waals surface area contributed by atoms with Gasteiger partial charge >= 0.3 is 0 Å². The molecule has 7 heterocycles. The number of pyridine rings is 3. The molecule has 0 aliphatic carbocycles. The molecule has 1 aliphatic rings. The van der Waals surface area contributed by atoms with E-state index in [4.69, 9.17) is 4.74 Å². The summed E-state index contributed by atoms with van der Waals surface area (Å²) < 4.78 is 6.02. The second-order valence-electron chi connectivity index (χ2n) is 9.71. The lowest BCUT2D eigenvalue weighted by Gasteiger charge is -2.15. The number of hydrogen-bond donors (Lipinski definition) is 2. The van der Waals surface area contributed by atoms with Crippen molar-refractivity contribution in [2.75, 3.05) is 26.2 Å². The van der Waals surface area contributed by atoms with Gasteiger partial charge in [-0.15, -0.1) is 11.3 Å². The molecule has 8 nitrogen and oxygen atoms in total. The van der Waals surface area contributed by atoms with Gasteiger partial charge in [0.25, 0.3) is 0 Å². The van der Waals surface area contributed by atoms with Gasteiger partial charge in [-0.3, -0.25) is 25.0 Å². The minimum Gasteiger partial charge on any atom is -0.491 e. The third-order valence-corrected chi connectivity index (χ3v) is 8.12. The van der Waals surface area contributed by atoms with Crippen molar-refractivity contribution in [3.8, 4) is 39.0 Å². The predicted octanol–water partition coefficient (Wildman–Crippen LogP) is 6.07. The van der Waals surface area contributed by atoms with Crippen molar-refractivity contribution >= 4 is 33.1 Å². The Morgan fingerprint density at radius 3 is 2.71 bits per heavy atom. The van der Waals surface area contributed by atoms with Gasteiger partial charge in [0.15, 0.2) is 0 Å². The fourth-order valence-electron chi connectivity index (χ4n) is 5.16. The summed E-state index contributed by atoms with van der Waals surface area (Å²) in [4.78, 5) is 22.2. The Kier molecular flexibility index (Phi) is 5.87. The van der Waals surface area contributed by atoms with E-state index in [2.05, 4.69) is 66.2 Å². The van der Waals surface area contributed by atoms with Gasteiger partial charge in [0.1, 0.15) is 18.1 Å². The molecule has 0 spiro atoms. The van der Waals surface area contributed by atoms with E-state index in [1.165, 1.54) is 30.8 Å². The number of thiophene rings is 1. The van der Waals surface area contributed by atoms with E-state index >= 15 is 0 Å². The van der Waals surface area contributed by atoms with E-state index in [-0.39, 0.29) is 0 Å². The standard InChI is InChI=1S/C29H27N7OS/c1-18-4-5-27(38-18)29-21-14-25(33-23(21)6-7-31-29)28-22-13-24(32-17-26(22)34-35-28)19-12-20(16-30-15-19)37-11-10-36-8-2-3-9-36/h4-7,12-17,33H,2-3,8-11H2,1H3,(H,34,35). The summed E-state index contributed by atoms with van der Waals surface area (Å²) >= 11 is 1.75. The molecule has 0 bridgehead atoms. The average molecular weight is 522 g/mol. The number of nitrogens with one attached hydrogen (secondary N) is 2. The summed E-state index contributed by atoms with van der Waals surface area (Å²) in [5, 5.41) is 9.84. The van der Waals surface area contributed by atoms with Crippen LogP contribution < -0.4 is 4.74 Å². The highest BCUT2D eigenvalue weighted by molar-refractivity contribution is 7.15. The summed E-state index contributed by atoms with van der Waals surface area (Å²) in [6, 6.07) is 12.5. The van der Waals surface area contributed by atoms with E-state index in [1.807, 2.05) is 30.7 Å². The molecule has 2 N–H and O–H groups in total. The number of aromatic nitrogens is 6. The number of aromatic amines is 2. The van der Waals surface area contributed by atoms with Gasteiger partial charge < -0.3 is 9.72 Å². The maximum absolute atomic E-state index is 6.02. The maximum atomic E-state index is 6.02. The number of fused-ring (bicyclic) bond motifs is 2. The average Bonchev–Trinajstić information content (AvgIpc) is 3.74. The smallest absolute Gasteiger partial charge is 0.138 e. The zero-order valence-electron chi connectivity index (χ0n) is 21.1. The van der Waals surface area contributed by atoms with Crippen molar-refractivity contribution in [2.24, 2.45) is 0 Å². The van der Waals surface area contributed by atoms with Gasteiger partial charge in [0.2, 0.25) is 0 Å². The lowest BCUT2D eigenvalue weighted by atomic mass is 10.1. The molecule has 1 saturated heterocycles. The highest BCUT2D eigenvalue weighted by Crippen LogP contribution is 2.36. The van der Waals surface area contributed by atoms with Crippen molar-refractivity contribution in [3.63, 3.8) is 0 Å². The molecule has 1 aliphatic heterocycles. The number of aryl methyl sites for hydroxylation is 1. The monoisotopic (exact) mass is 521 g/mol. The van der Waals surface area contributed by atoms with E-state index in [0.29, 0.717) is 6.61 Å². The minimum absolute atomic E-state index is 0.658. The van der Waals surface area contributed by atoms with Crippen LogP contribution in [0.3, 0.4) is 0 Å². The largest absolute Gasteiger partial charge is 0.491 e. The van der Waals surface area contributed by atoms with Gasteiger partial charge in [0, 0.05) is 45.7 Å². The quantitative estimate of drug-likeness (QED) is 0.265. The number of rotatable bonds is 7. The molecule has 0 amide bonds. The Balaban J connectivity index is 1.20. The molecule has 190 valence electrons. The molecule has 0 saturated carbocycles. The van der Waals surface area contributed by atoms with Crippen molar-refractivity contribution in [1.29, 1.82) is 0 Å². The summed E-state index contributed by atoms with van der Waals surface area (Å²) in [5.41, 5.74) is 6.41. The number of ether oxygens (including phenoxy) is 1. The highest BCUT2D eigenvalue weighted by Gasteiger charge is 2.16. The number of nitrogens with zero attached hydrogens (tertiary/aromatic N) is 5. The number of H-pyrrole nitrogens is 2. The normalized spacial score (nSPS) is 14.1. The minimum atomic E-state index is 0.658. The molecule has 6 aromatic rings. The Morgan fingerprint density at radius 2 is 1.84 bits per heavy atom. The van der Waals surface area contributed by atoms with Gasteiger partial charge in [-0.2, -0.15) is 5.10 Å². The van der Waals surface area contributed by atoms with Crippen LogP contribution in [0.15, 0.2) is 61.2 Å². The zero-order chi connectivity index (χ0) is 25.5. The number of likely N-dealkylation sites (tertiary alicyclic amines) is 1. The maximum Gasteiger partial charge on any atom is 0.138 e. The van der Waals surface area contributed by atoms with Gasteiger partial charge in [-0.05, 0) is 69.3 Å². The van der Waals surface area contributed by atoms with Gasteiger partial charge in [-0.1, -0.05) is 0 Å². The Morgan fingerprint density at radius 1 is 0.947 bits per heavy atom. The summed E-state index contributed by atoms with van der Waals surface area (Å²) in [5.74, 6) is 0.760. The lowest BCUT2D eigenvalue weighted by Crippen LogP contribution is -2.25. The van der Waals surface area contributed by atoms with E-state index in [9.17, 15) is 0 Å². The first-order valence-corrected chi connectivity index (χ1v) is 13.7. The first-order chi connectivity index (χ1) is 18.7. The van der Waals surface area contributed by atoms with Crippen LogP contribution in [0.5, 0.6) is 5.75 Å². The van der Waals surface area contributed by atoms with Crippen molar-refractivity contribution < 1.29 is 4.74 Å². The molecule has 6 aromatic heterocycles. The Labute approximate surface area is 223 Å². The molecular formula is C29H27N7OS. The summed E-state index contributed by atoms with van der Waals surface area (Å²) in [6.45, 7) is 6.05. The van der Waals surface area contributed by atoms with Crippen molar-refractivity contribution in [3.05, 3.63) is 66.1 Å². The first kappa shape index (κ1) is 23.1. The second kappa shape index (κ2) is 9.66. The van der Waals surface area contributed by atoms with E-state index in [1.54, 1.807) is 17.5 Å². The molecule has 0 unspecified atom stereocenters. The first-order valence-electron chi connectivity index (χ1n) is 12.9. The van der Waals surface area contributed by atoms with Crippen LogP contribution in [0, 0.1) is 6.92 Å². The Hall–Kier alpha value is -4.08. The van der Waals surface area contributed by atoms with Crippen LogP contribution in [0.4, 0.5) is 0 Å². The lowest BCUT2D eigenvalue weighted by molar-refractivity contribution is 0.237. The van der Waals surface area contributed by atoms with Crippen LogP contribution in [0.2, 0.25) is 0 Å². The molecule has 9 heteroatoms. The fourth-order valence-corrected chi connectivity index (χ4v) is 6.03. The Bertz CT molecular complexity index is 1740. The highest BCUT2D eigenvalue weighted by atomic mass is 32.1. The van der Waals surface area contributed by atoms with Gasteiger partial charge in [-0.25, -0.2) is 0 Å². The molecule has 7 rings (SSSR count). The predicted molar refractivity (Wildman–Crippen MR) is 151 cm³/mol. The molecule has 38 heavy (non-hydrogen) atoms. The van der Waals surface area contributed by atoms with E-state index < -0.39 is 0 Å². The number of hydrogen-bond acceptors (Lipinski definition) is 7. The van der Waals surface area contributed by atoms with Crippen LogP contribution >= 0.6 is 11.3 Å². The van der Waals surface area contributed by atoms with Crippen LogP contribution in [-0.4, -0.2) is 61.3 Å². The van der Waals surface area contributed by atoms with E-state index in [0.717, 1.165) is 67.3 Å². The molecular weight excluding hydrogens is 494 g/mol. The van der Waals surface area contributed by atoms with Gasteiger partial charge in [0.05, 0.1) is 39.9 Å². The van der Waals surface area contributed by atoms with Crippen LogP contribution in [0.1, 0.15) is 17.7 Å². The summed E-state index contributed by atoms with van der Waals surface area (Å²) in [6.07, 6.45) is 9.83. The van der Waals surface area contributed by atoms with Crippen LogP contribution in [0.25, 0.3) is 55.0 Å². The third kappa shape index (κ3) is 4.33. The topological polar surface area (TPSA) is 95.6 Å². The molecule has 1 fully saturated rings. The van der Waals surface area contributed by atoms with Crippen LogP contribution in [-0.2, 0) is 0 Å². The third-order valence-electron chi connectivity index (χ3n) is 7.11. The van der Waals surface area contributed by atoms with Crippen molar-refractivity contribution in [2.45, 2.75) is 19.8 Å². The van der Waals surface area contributed by atoms with Crippen molar-refractivity contribution in [1.82, 2.24) is 35.0 Å². The molecule has 0 radical (unpaired) electrons. The SMILES string of the molecule is Cc1ccc(-c2nccc3[nH]c(-c4n[nH]c5cnc(-c6cncc(OCCN7CCCC7)c6)cc45)cc23)s1. The summed E-state index contributed by atoms with van der Waals surface area (Å²) in [7, 11) is 0. The molecule has 0 atom stereocenters. The molecule has 0 aromatic carbocycles. The second-order valence-corrected chi connectivity index (χ2v) is 11.0. The fraction of sp³-hybridized carbons (Fsp3) is 0.241.